The highest BCUT2D eigenvalue weighted by atomic mass is 35.5. The van der Waals surface area contributed by atoms with Crippen LogP contribution in [0.3, 0.4) is 0 Å². The fourth-order valence-electron chi connectivity index (χ4n) is 2.60. The van der Waals surface area contributed by atoms with Gasteiger partial charge >= 0.3 is 0 Å². The molecule has 0 saturated heterocycles. The van der Waals surface area contributed by atoms with Gasteiger partial charge in [0.2, 0.25) is 5.22 Å². The van der Waals surface area contributed by atoms with E-state index in [1.807, 2.05) is 0 Å². The van der Waals surface area contributed by atoms with Crippen molar-refractivity contribution in [2.45, 2.75) is 30.0 Å². The molecule has 1 fully saturated rings. The zero-order valence-corrected chi connectivity index (χ0v) is 10.2. The molecule has 0 radical (unpaired) electrons. The topological polar surface area (TPSA) is 26.0 Å². The van der Waals surface area contributed by atoms with Crippen molar-refractivity contribution < 1.29 is 4.52 Å². The first kappa shape index (κ1) is 10.2. The van der Waals surface area contributed by atoms with Crippen molar-refractivity contribution in [3.8, 4) is 0 Å². The van der Waals surface area contributed by atoms with Crippen molar-refractivity contribution in [2.75, 3.05) is 0 Å². The van der Waals surface area contributed by atoms with Gasteiger partial charge in [-0.1, -0.05) is 5.16 Å². The Hall–Kier alpha value is 0.0800. The number of fused-ring (bicyclic) bond motifs is 2. The Balaban J connectivity index is 1.86. The largest absolute Gasteiger partial charge is 0.344 e. The maximum Gasteiger partial charge on any atom is 0.229 e. The van der Waals surface area contributed by atoms with Crippen LogP contribution in [0.15, 0.2) is 4.52 Å². The molecule has 1 aromatic rings. The minimum atomic E-state index is -0.507. The van der Waals surface area contributed by atoms with Crippen LogP contribution in [-0.4, -0.2) is 9.49 Å². The summed E-state index contributed by atoms with van der Waals surface area (Å²) in [5.74, 6) is 0.837. The van der Waals surface area contributed by atoms with Crippen LogP contribution >= 0.6 is 34.8 Å². The van der Waals surface area contributed by atoms with Gasteiger partial charge in [-0.2, -0.15) is 0 Å². The van der Waals surface area contributed by atoms with Gasteiger partial charge in [-0.15, -0.1) is 23.2 Å². The van der Waals surface area contributed by atoms with E-state index in [1.165, 1.54) is 0 Å². The molecule has 2 aliphatic rings. The lowest BCUT2D eigenvalue weighted by Crippen LogP contribution is -2.00. The number of aryl methyl sites for hydroxylation is 1. The maximum atomic E-state index is 6.20. The molecule has 15 heavy (non-hydrogen) atoms. The molecule has 0 aliphatic heterocycles. The van der Waals surface area contributed by atoms with Crippen molar-refractivity contribution >= 4 is 34.8 Å². The molecule has 1 aromatic heterocycles. The molecule has 0 aromatic carbocycles. The van der Waals surface area contributed by atoms with E-state index in [0.717, 1.165) is 36.9 Å². The average Bonchev–Trinajstić information content (AvgIpc) is 2.47. The van der Waals surface area contributed by atoms with Gasteiger partial charge in [0, 0.05) is 5.56 Å². The van der Waals surface area contributed by atoms with Crippen molar-refractivity contribution in [3.63, 3.8) is 0 Å². The number of rotatable bonds is 0. The summed E-state index contributed by atoms with van der Waals surface area (Å²) in [5.41, 5.74) is 2.03. The predicted molar refractivity (Wildman–Crippen MR) is 59.6 cm³/mol. The monoisotopic (exact) mass is 265 g/mol. The quantitative estimate of drug-likeness (QED) is 0.670. The van der Waals surface area contributed by atoms with E-state index in [-0.39, 0.29) is 0 Å². The molecule has 82 valence electrons. The molecule has 1 heterocycles. The molecular formula is C10H10Cl3NO. The number of hydrogen-bond acceptors (Lipinski definition) is 2. The van der Waals surface area contributed by atoms with E-state index < -0.39 is 4.33 Å². The first-order valence-electron chi connectivity index (χ1n) is 5.11. The summed E-state index contributed by atoms with van der Waals surface area (Å²) in [7, 11) is 0. The third-order valence-corrected chi connectivity index (χ3v) is 5.00. The van der Waals surface area contributed by atoms with Gasteiger partial charge in [0.25, 0.3) is 0 Å². The number of alkyl halides is 2. The molecule has 2 aliphatic carbocycles. The molecule has 0 bridgehead atoms. The Kier molecular flexibility index (Phi) is 2.24. The molecule has 0 amide bonds. The highest BCUT2D eigenvalue weighted by Gasteiger charge is 2.62. The Bertz CT molecular complexity index is 401. The first-order valence-corrected chi connectivity index (χ1v) is 6.25. The predicted octanol–water partition coefficient (Wildman–Crippen LogP) is 3.63. The zero-order chi connectivity index (χ0) is 10.6. The van der Waals surface area contributed by atoms with Gasteiger partial charge < -0.3 is 4.52 Å². The fraction of sp³-hybridized carbons (Fsp3) is 0.700. The number of nitrogens with zero attached hydrogens (tertiary/aromatic N) is 1. The smallest absolute Gasteiger partial charge is 0.229 e. The van der Waals surface area contributed by atoms with Crippen molar-refractivity contribution in [2.24, 2.45) is 11.8 Å². The summed E-state index contributed by atoms with van der Waals surface area (Å²) in [4.78, 5) is 0. The standard InChI is InChI=1S/C10H10Cl3NO/c11-9-5-1-2-6-7(10(6,12)13)3-4-8(5)14-15-9/h6-7H,1-4H2/t6-,7-/m0/s1. The van der Waals surface area contributed by atoms with Crippen molar-refractivity contribution in [1.29, 1.82) is 0 Å². The maximum absolute atomic E-state index is 6.20. The van der Waals surface area contributed by atoms with Crippen molar-refractivity contribution in [3.05, 3.63) is 16.5 Å². The normalized spacial score (nSPS) is 32.5. The summed E-state index contributed by atoms with van der Waals surface area (Å²) >= 11 is 18.3. The average molecular weight is 267 g/mol. The number of hydrogen-bond donors (Lipinski definition) is 0. The second kappa shape index (κ2) is 3.28. The molecule has 3 rings (SSSR count). The Morgan fingerprint density at radius 1 is 1.20 bits per heavy atom. The summed E-state index contributed by atoms with van der Waals surface area (Å²) in [5, 5.41) is 4.40. The number of aromatic nitrogens is 1. The first-order chi connectivity index (χ1) is 7.10. The molecule has 0 N–H and O–H groups in total. The van der Waals surface area contributed by atoms with E-state index in [1.54, 1.807) is 0 Å². The Morgan fingerprint density at radius 3 is 2.60 bits per heavy atom. The van der Waals surface area contributed by atoms with Crippen LogP contribution in [0.5, 0.6) is 0 Å². The van der Waals surface area contributed by atoms with Crippen LogP contribution in [0.1, 0.15) is 24.1 Å². The minimum absolute atomic E-state index is 0.417. The van der Waals surface area contributed by atoms with Gasteiger partial charge in [0.05, 0.1) is 5.69 Å². The fourth-order valence-corrected chi connectivity index (χ4v) is 3.75. The zero-order valence-electron chi connectivity index (χ0n) is 7.97. The van der Waals surface area contributed by atoms with Gasteiger partial charge in [0.15, 0.2) is 0 Å². The molecule has 0 unspecified atom stereocenters. The van der Waals surface area contributed by atoms with E-state index in [9.17, 15) is 0 Å². The summed E-state index contributed by atoms with van der Waals surface area (Å²) in [6.07, 6.45) is 3.70. The van der Waals surface area contributed by atoms with Gasteiger partial charge in [-0.05, 0) is 49.1 Å². The van der Waals surface area contributed by atoms with Crippen LogP contribution in [0, 0.1) is 11.8 Å². The van der Waals surface area contributed by atoms with E-state index in [2.05, 4.69) is 5.16 Å². The van der Waals surface area contributed by atoms with Crippen LogP contribution in [0.25, 0.3) is 0 Å². The molecule has 5 heteroatoms. The molecule has 1 saturated carbocycles. The van der Waals surface area contributed by atoms with E-state index >= 15 is 0 Å². The lowest BCUT2D eigenvalue weighted by Gasteiger charge is -2.04. The van der Waals surface area contributed by atoms with Crippen molar-refractivity contribution in [1.82, 2.24) is 5.16 Å². The highest BCUT2D eigenvalue weighted by Crippen LogP contribution is 2.63. The van der Waals surface area contributed by atoms with Crippen LogP contribution in [0.2, 0.25) is 5.22 Å². The third kappa shape index (κ3) is 1.49. The SMILES string of the molecule is Clc1onc2c1CC[C@H]1[C@H](CC2)C1(Cl)Cl. The van der Waals surface area contributed by atoms with Gasteiger partial charge in [-0.25, -0.2) is 0 Å². The molecule has 2 nitrogen and oxygen atoms in total. The second-order valence-corrected chi connectivity index (χ2v) is 6.13. The Labute approximate surface area is 103 Å². The van der Waals surface area contributed by atoms with Gasteiger partial charge in [0.1, 0.15) is 4.33 Å². The minimum Gasteiger partial charge on any atom is -0.344 e. The van der Waals surface area contributed by atoms with E-state index in [4.69, 9.17) is 39.3 Å². The van der Waals surface area contributed by atoms with E-state index in [0.29, 0.717) is 17.1 Å². The van der Waals surface area contributed by atoms with Crippen LogP contribution < -0.4 is 0 Å². The lowest BCUT2D eigenvalue weighted by molar-refractivity contribution is 0.411. The highest BCUT2D eigenvalue weighted by molar-refractivity contribution is 6.51. The third-order valence-electron chi connectivity index (χ3n) is 3.58. The second-order valence-electron chi connectivity index (χ2n) is 4.35. The summed E-state index contributed by atoms with van der Waals surface area (Å²) < 4.78 is 4.47. The summed E-state index contributed by atoms with van der Waals surface area (Å²) in [6, 6.07) is 0. The van der Waals surface area contributed by atoms with Crippen LogP contribution in [0.4, 0.5) is 0 Å². The molecule has 0 spiro atoms. The Morgan fingerprint density at radius 2 is 1.87 bits per heavy atom. The summed E-state index contributed by atoms with van der Waals surface area (Å²) in [6.45, 7) is 0. The molecular weight excluding hydrogens is 256 g/mol. The van der Waals surface area contributed by atoms with Gasteiger partial charge in [-0.3, -0.25) is 0 Å². The molecule has 2 atom stereocenters. The number of halogens is 3. The lowest BCUT2D eigenvalue weighted by atomic mass is 9.99. The van der Waals surface area contributed by atoms with Crippen LogP contribution in [-0.2, 0) is 12.8 Å².